The van der Waals surface area contributed by atoms with E-state index in [1.807, 2.05) is 13.8 Å². The first kappa shape index (κ1) is 28.3. The summed E-state index contributed by atoms with van der Waals surface area (Å²) < 4.78 is 10.4. The number of rotatable bonds is 9. The van der Waals surface area contributed by atoms with Crippen LogP contribution in [0.3, 0.4) is 0 Å². The molecule has 3 aliphatic rings. The van der Waals surface area contributed by atoms with Crippen molar-refractivity contribution in [2.75, 3.05) is 14.2 Å². The average Bonchev–Trinajstić information content (AvgIpc) is 3.15. The molecule has 3 aliphatic carbocycles. The lowest BCUT2D eigenvalue weighted by Gasteiger charge is -2.58. The summed E-state index contributed by atoms with van der Waals surface area (Å²) in [6, 6.07) is 0. The third-order valence-corrected chi connectivity index (χ3v) is 10.8. The first-order valence-corrected chi connectivity index (χ1v) is 14.2. The summed E-state index contributed by atoms with van der Waals surface area (Å²) >= 11 is 0. The van der Waals surface area contributed by atoms with Crippen LogP contribution >= 0.6 is 0 Å². The minimum atomic E-state index is -0.758. The second kappa shape index (κ2) is 10.6. The van der Waals surface area contributed by atoms with Gasteiger partial charge in [0, 0.05) is 5.41 Å². The Morgan fingerprint density at radius 1 is 1.03 bits per heavy atom. The third kappa shape index (κ3) is 5.10. The van der Waals surface area contributed by atoms with E-state index in [0.717, 1.165) is 36.2 Å². The van der Waals surface area contributed by atoms with Crippen LogP contribution in [0.15, 0.2) is 11.6 Å². The molecular formula is C31H52O4. The SMILES string of the molecule is COC(=O)C[C@]1(C)C(C(C)(C)C(=O)OC)=CC[C@H]2[C@@H]3CC[C@@H]([C@H](C)CCCC(C)C)[C@@]3(C)CC[C@@H]21. The lowest BCUT2D eigenvalue weighted by molar-refractivity contribution is -0.153. The van der Waals surface area contributed by atoms with Gasteiger partial charge in [0.1, 0.15) is 0 Å². The van der Waals surface area contributed by atoms with E-state index in [2.05, 4.69) is 40.7 Å². The van der Waals surface area contributed by atoms with Crippen molar-refractivity contribution in [3.8, 4) is 0 Å². The van der Waals surface area contributed by atoms with E-state index in [0.29, 0.717) is 29.6 Å². The van der Waals surface area contributed by atoms with Gasteiger partial charge in [-0.15, -0.1) is 0 Å². The summed E-state index contributed by atoms with van der Waals surface area (Å²) in [4.78, 5) is 25.5. The van der Waals surface area contributed by atoms with Gasteiger partial charge >= 0.3 is 11.9 Å². The fraction of sp³-hybridized carbons (Fsp3) is 0.871. The number of carbonyl (C=O) groups is 2. The zero-order chi connectivity index (χ0) is 26.2. The van der Waals surface area contributed by atoms with Gasteiger partial charge in [-0.05, 0) is 86.9 Å². The second-order valence-corrected chi connectivity index (χ2v) is 13.5. The van der Waals surface area contributed by atoms with Crippen LogP contribution in [-0.4, -0.2) is 26.2 Å². The maximum atomic E-state index is 12.8. The predicted octanol–water partition coefficient (Wildman–Crippen LogP) is 7.61. The van der Waals surface area contributed by atoms with E-state index < -0.39 is 10.8 Å². The number of hydrogen-bond acceptors (Lipinski definition) is 4. The molecule has 0 amide bonds. The summed E-state index contributed by atoms with van der Waals surface area (Å²) in [5, 5.41) is 0. The number of methoxy groups -OCH3 is 2. The van der Waals surface area contributed by atoms with Gasteiger partial charge in [-0.2, -0.15) is 0 Å². The van der Waals surface area contributed by atoms with Crippen LogP contribution in [0.2, 0.25) is 0 Å². The largest absolute Gasteiger partial charge is 0.469 e. The molecule has 35 heavy (non-hydrogen) atoms. The fourth-order valence-corrected chi connectivity index (χ4v) is 9.05. The van der Waals surface area contributed by atoms with E-state index in [4.69, 9.17) is 9.47 Å². The van der Waals surface area contributed by atoms with Crippen molar-refractivity contribution in [2.45, 2.75) is 106 Å². The van der Waals surface area contributed by atoms with Crippen LogP contribution in [0.5, 0.6) is 0 Å². The molecule has 0 aromatic heterocycles. The first-order chi connectivity index (χ1) is 16.3. The van der Waals surface area contributed by atoms with E-state index in [9.17, 15) is 9.59 Å². The summed E-state index contributed by atoms with van der Waals surface area (Å²) in [5.74, 6) is 3.58. The minimum absolute atomic E-state index is 0.184. The predicted molar refractivity (Wildman–Crippen MR) is 142 cm³/mol. The molecule has 4 nitrogen and oxygen atoms in total. The molecule has 0 saturated heterocycles. The van der Waals surface area contributed by atoms with Gasteiger partial charge in [-0.1, -0.05) is 65.5 Å². The van der Waals surface area contributed by atoms with Crippen LogP contribution in [0, 0.1) is 51.8 Å². The summed E-state index contributed by atoms with van der Waals surface area (Å²) in [6.07, 6.45) is 12.6. The topological polar surface area (TPSA) is 52.6 Å². The lowest BCUT2D eigenvalue weighted by Crippen LogP contribution is -2.52. The number of allylic oxidation sites excluding steroid dienone is 1. The molecule has 0 heterocycles. The van der Waals surface area contributed by atoms with Crippen molar-refractivity contribution in [3.63, 3.8) is 0 Å². The lowest BCUT2D eigenvalue weighted by atomic mass is 9.46. The van der Waals surface area contributed by atoms with Gasteiger partial charge in [0.05, 0.1) is 26.1 Å². The molecule has 0 aromatic rings. The van der Waals surface area contributed by atoms with Crippen molar-refractivity contribution in [3.05, 3.63) is 11.6 Å². The molecule has 4 heteroatoms. The van der Waals surface area contributed by atoms with Gasteiger partial charge in [0.15, 0.2) is 0 Å². The maximum absolute atomic E-state index is 12.8. The second-order valence-electron chi connectivity index (χ2n) is 13.5. The van der Waals surface area contributed by atoms with Crippen molar-refractivity contribution < 1.29 is 19.1 Å². The van der Waals surface area contributed by atoms with Gasteiger partial charge in [-0.25, -0.2) is 0 Å². The number of esters is 2. The molecule has 0 aromatic carbocycles. The van der Waals surface area contributed by atoms with E-state index >= 15 is 0 Å². The van der Waals surface area contributed by atoms with E-state index in [1.165, 1.54) is 52.7 Å². The Balaban J connectivity index is 1.91. The normalized spacial score (nSPS) is 35.7. The van der Waals surface area contributed by atoms with Crippen LogP contribution < -0.4 is 0 Å². The van der Waals surface area contributed by atoms with Gasteiger partial charge in [0.25, 0.3) is 0 Å². The Morgan fingerprint density at radius 2 is 1.71 bits per heavy atom. The summed E-state index contributed by atoms with van der Waals surface area (Å²) in [7, 11) is 2.93. The van der Waals surface area contributed by atoms with Crippen molar-refractivity contribution in [1.82, 2.24) is 0 Å². The molecule has 0 unspecified atom stereocenters. The molecule has 200 valence electrons. The Morgan fingerprint density at radius 3 is 2.31 bits per heavy atom. The fourth-order valence-electron chi connectivity index (χ4n) is 9.05. The average molecular weight is 489 g/mol. The Bertz CT molecular complexity index is 811. The zero-order valence-electron chi connectivity index (χ0n) is 24.0. The van der Waals surface area contributed by atoms with Crippen molar-refractivity contribution in [2.24, 2.45) is 51.8 Å². The van der Waals surface area contributed by atoms with Gasteiger partial charge in [-0.3, -0.25) is 9.59 Å². The minimum Gasteiger partial charge on any atom is -0.469 e. The number of fused-ring (bicyclic) bond motifs is 3. The molecule has 2 fully saturated rings. The smallest absolute Gasteiger partial charge is 0.315 e. The number of hydrogen-bond donors (Lipinski definition) is 0. The Labute approximate surface area is 215 Å². The highest BCUT2D eigenvalue weighted by Crippen LogP contribution is 2.67. The monoisotopic (exact) mass is 488 g/mol. The van der Waals surface area contributed by atoms with Crippen molar-refractivity contribution in [1.29, 1.82) is 0 Å². The highest BCUT2D eigenvalue weighted by atomic mass is 16.5. The summed E-state index contributed by atoms with van der Waals surface area (Å²) in [6.45, 7) is 15.9. The van der Waals surface area contributed by atoms with Crippen LogP contribution in [-0.2, 0) is 19.1 Å². The van der Waals surface area contributed by atoms with E-state index in [-0.39, 0.29) is 11.9 Å². The Kier molecular flexibility index (Phi) is 8.54. The highest BCUT2D eigenvalue weighted by molar-refractivity contribution is 5.81. The third-order valence-electron chi connectivity index (χ3n) is 10.8. The molecule has 0 bridgehead atoms. The van der Waals surface area contributed by atoms with E-state index in [1.54, 1.807) is 0 Å². The molecule has 0 radical (unpaired) electrons. The molecule has 7 atom stereocenters. The van der Waals surface area contributed by atoms with Crippen LogP contribution in [0.25, 0.3) is 0 Å². The number of ether oxygens (including phenoxy) is 2. The molecule has 2 saturated carbocycles. The first-order valence-electron chi connectivity index (χ1n) is 14.2. The van der Waals surface area contributed by atoms with Gasteiger partial charge in [0.2, 0.25) is 0 Å². The Hall–Kier alpha value is -1.32. The highest BCUT2D eigenvalue weighted by Gasteiger charge is 2.60. The number of carbonyl (C=O) groups excluding carboxylic acids is 2. The molecule has 0 spiro atoms. The van der Waals surface area contributed by atoms with Crippen LogP contribution in [0.1, 0.15) is 106 Å². The van der Waals surface area contributed by atoms with Crippen LogP contribution in [0.4, 0.5) is 0 Å². The zero-order valence-corrected chi connectivity index (χ0v) is 24.0. The summed E-state index contributed by atoms with van der Waals surface area (Å²) in [5.41, 5.74) is 0.305. The molecule has 0 aliphatic heterocycles. The quantitative estimate of drug-likeness (QED) is 0.248. The van der Waals surface area contributed by atoms with Crippen molar-refractivity contribution >= 4 is 11.9 Å². The standard InChI is InChI=1S/C31H52O4/c1-20(2)11-10-12-21(3)23-14-15-24-22-13-16-26(29(4,5)28(33)35-9)31(7,19-27(32)34-8)25(22)17-18-30(23,24)6/h16,20-25H,10-15,17-19H2,1-9H3/t21-,22+,23+,24+,25+,30-,31+/m1/s1. The molecular weight excluding hydrogens is 436 g/mol. The molecule has 0 N–H and O–H groups in total. The molecule has 3 rings (SSSR count). The van der Waals surface area contributed by atoms with Gasteiger partial charge < -0.3 is 9.47 Å². The maximum Gasteiger partial charge on any atom is 0.315 e.